The molecule has 0 spiro atoms. The molecule has 1 fully saturated rings. The van der Waals surface area contributed by atoms with E-state index in [1.54, 1.807) is 0 Å². The molecule has 0 aliphatic carbocycles. The number of hydrogen-bond acceptors (Lipinski definition) is 2. The lowest BCUT2D eigenvalue weighted by Crippen LogP contribution is -2.33. The average Bonchev–Trinajstić information content (AvgIpc) is 1.56. The third-order valence-corrected chi connectivity index (χ3v) is 1.09. The van der Waals surface area contributed by atoms with E-state index >= 15 is 0 Å². The summed E-state index contributed by atoms with van der Waals surface area (Å²) >= 11 is 0. The van der Waals surface area contributed by atoms with Crippen LogP contribution in [-0.2, 0) is 9.47 Å². The highest BCUT2D eigenvalue weighted by Crippen LogP contribution is 2.19. The number of halogens is 3. The minimum Gasteiger partial charge on any atom is -0.352 e. The molecule has 0 amide bonds. The van der Waals surface area contributed by atoms with Gasteiger partial charge in [-0.3, -0.25) is 0 Å². The molecule has 60 valence electrons. The van der Waals surface area contributed by atoms with Crippen molar-refractivity contribution in [2.45, 2.75) is 18.9 Å². The van der Waals surface area contributed by atoms with E-state index in [1.165, 1.54) is 0 Å². The molecule has 1 atom stereocenters. The van der Waals surface area contributed by atoms with Crippen LogP contribution in [0.5, 0.6) is 0 Å². The maximum atomic E-state index is 11.4. The molecule has 1 rings (SSSR count). The Kier molecular flexibility index (Phi) is 2.15. The third-order valence-electron chi connectivity index (χ3n) is 1.09. The van der Waals surface area contributed by atoms with E-state index in [0.29, 0.717) is 13.0 Å². The lowest BCUT2D eigenvalue weighted by molar-refractivity contribution is -0.265. The maximum Gasteiger partial charge on any atom is 0.411 e. The van der Waals surface area contributed by atoms with E-state index in [1.807, 2.05) is 0 Å². The van der Waals surface area contributed by atoms with Crippen molar-refractivity contribution in [3.05, 3.63) is 0 Å². The second-order valence-electron chi connectivity index (χ2n) is 2.02. The molecule has 0 N–H and O–H groups in total. The molecule has 10 heavy (non-hydrogen) atoms. The largest absolute Gasteiger partial charge is 0.411 e. The summed E-state index contributed by atoms with van der Waals surface area (Å²) in [5.74, 6) is 0. The van der Waals surface area contributed by atoms with E-state index in [4.69, 9.17) is 0 Å². The predicted molar refractivity (Wildman–Crippen MR) is 26.4 cm³/mol. The number of alkyl halides is 3. The van der Waals surface area contributed by atoms with Crippen molar-refractivity contribution >= 4 is 0 Å². The van der Waals surface area contributed by atoms with Gasteiger partial charge < -0.3 is 9.47 Å². The molecule has 0 aromatic heterocycles. The van der Waals surface area contributed by atoms with E-state index in [2.05, 4.69) is 9.47 Å². The van der Waals surface area contributed by atoms with Gasteiger partial charge in [0.2, 0.25) is 0 Å². The van der Waals surface area contributed by atoms with Crippen molar-refractivity contribution in [1.29, 1.82) is 0 Å². The quantitative estimate of drug-likeness (QED) is 0.600. The summed E-state index contributed by atoms with van der Waals surface area (Å²) in [6.45, 7) is -0.708. The fourth-order valence-corrected chi connectivity index (χ4v) is 0.533. The third kappa shape index (κ3) is 2.53. The Balaban J connectivity index is 2.04. The van der Waals surface area contributed by atoms with Gasteiger partial charge in [-0.25, -0.2) is 0 Å². The van der Waals surface area contributed by atoms with Gasteiger partial charge in [-0.2, -0.15) is 13.2 Å². The molecule has 1 aliphatic rings. The Morgan fingerprint density at radius 1 is 1.50 bits per heavy atom. The molecule has 0 radical (unpaired) electrons. The first kappa shape index (κ1) is 7.81. The second kappa shape index (κ2) is 2.75. The van der Waals surface area contributed by atoms with Gasteiger partial charge in [-0.05, 0) is 0 Å². The molecule has 0 saturated carbocycles. The normalized spacial score (nSPS) is 26.1. The van der Waals surface area contributed by atoms with Gasteiger partial charge in [0, 0.05) is 6.42 Å². The van der Waals surface area contributed by atoms with Crippen molar-refractivity contribution in [1.82, 2.24) is 0 Å². The van der Waals surface area contributed by atoms with Crippen LogP contribution in [0.15, 0.2) is 0 Å². The monoisotopic (exact) mass is 156 g/mol. The van der Waals surface area contributed by atoms with Gasteiger partial charge in [0.25, 0.3) is 0 Å². The lowest BCUT2D eigenvalue weighted by atomic mass is 10.3. The summed E-state index contributed by atoms with van der Waals surface area (Å²) in [4.78, 5) is 0. The van der Waals surface area contributed by atoms with Crippen molar-refractivity contribution in [2.24, 2.45) is 0 Å². The topological polar surface area (TPSA) is 18.5 Å². The standard InChI is InChI=1S/C5H7F3O2/c6-5(7,8)3-10-4-1-2-9-4/h4H,1-3H2. The van der Waals surface area contributed by atoms with Gasteiger partial charge in [0.05, 0.1) is 6.61 Å². The summed E-state index contributed by atoms with van der Waals surface area (Å²) in [5.41, 5.74) is 0. The highest BCUT2D eigenvalue weighted by Gasteiger charge is 2.31. The molecule has 1 aliphatic heterocycles. The van der Waals surface area contributed by atoms with Gasteiger partial charge in [-0.1, -0.05) is 0 Å². The summed E-state index contributed by atoms with van der Waals surface area (Å²) in [7, 11) is 0. The van der Waals surface area contributed by atoms with Crippen LogP contribution in [0.2, 0.25) is 0 Å². The summed E-state index contributed by atoms with van der Waals surface area (Å²) in [6.07, 6.45) is -4.30. The summed E-state index contributed by atoms with van der Waals surface area (Å²) in [6, 6.07) is 0. The van der Waals surface area contributed by atoms with Crippen LogP contribution in [0, 0.1) is 0 Å². The molecule has 1 unspecified atom stereocenters. The zero-order valence-electron chi connectivity index (χ0n) is 5.15. The molecule has 1 heterocycles. The van der Waals surface area contributed by atoms with Crippen molar-refractivity contribution in [3.8, 4) is 0 Å². The molecule has 2 nitrogen and oxygen atoms in total. The zero-order chi connectivity index (χ0) is 7.61. The lowest BCUT2D eigenvalue weighted by Gasteiger charge is -2.26. The Hall–Kier alpha value is -0.290. The highest BCUT2D eigenvalue weighted by molar-refractivity contribution is 4.56. The molecular formula is C5H7F3O2. The second-order valence-corrected chi connectivity index (χ2v) is 2.02. The molecular weight excluding hydrogens is 149 g/mol. The fraction of sp³-hybridized carbons (Fsp3) is 1.00. The number of hydrogen-bond donors (Lipinski definition) is 0. The SMILES string of the molecule is FC(F)(F)COC1CCO1. The molecule has 0 aromatic carbocycles. The maximum absolute atomic E-state index is 11.4. The van der Waals surface area contributed by atoms with E-state index in [9.17, 15) is 13.2 Å². The van der Waals surface area contributed by atoms with E-state index in [0.717, 1.165) is 0 Å². The molecule has 0 bridgehead atoms. The predicted octanol–water partition coefficient (Wildman–Crippen LogP) is 1.31. The van der Waals surface area contributed by atoms with Gasteiger partial charge in [0.15, 0.2) is 6.29 Å². The first-order valence-corrected chi connectivity index (χ1v) is 2.88. The Labute approximate surface area is 55.9 Å². The number of ether oxygens (including phenoxy) is 2. The first-order valence-electron chi connectivity index (χ1n) is 2.88. The van der Waals surface area contributed by atoms with Crippen LogP contribution >= 0.6 is 0 Å². The first-order chi connectivity index (χ1) is 4.58. The Bertz CT molecular complexity index is 108. The number of rotatable bonds is 2. The van der Waals surface area contributed by atoms with Crippen molar-refractivity contribution in [3.63, 3.8) is 0 Å². The van der Waals surface area contributed by atoms with Crippen LogP contribution in [-0.4, -0.2) is 25.7 Å². The fourth-order valence-electron chi connectivity index (χ4n) is 0.533. The van der Waals surface area contributed by atoms with Crippen LogP contribution in [0.1, 0.15) is 6.42 Å². The molecule has 1 saturated heterocycles. The Morgan fingerprint density at radius 2 is 2.10 bits per heavy atom. The van der Waals surface area contributed by atoms with Crippen molar-refractivity contribution in [2.75, 3.05) is 13.2 Å². The minimum atomic E-state index is -4.24. The van der Waals surface area contributed by atoms with E-state index < -0.39 is 19.1 Å². The van der Waals surface area contributed by atoms with Gasteiger partial charge >= 0.3 is 6.18 Å². The van der Waals surface area contributed by atoms with Crippen LogP contribution < -0.4 is 0 Å². The summed E-state index contributed by atoms with van der Waals surface area (Å²) < 4.78 is 43.1. The van der Waals surface area contributed by atoms with Crippen LogP contribution in [0.4, 0.5) is 13.2 Å². The smallest absolute Gasteiger partial charge is 0.352 e. The van der Waals surface area contributed by atoms with Crippen LogP contribution in [0.25, 0.3) is 0 Å². The highest BCUT2D eigenvalue weighted by atomic mass is 19.4. The van der Waals surface area contributed by atoms with Crippen molar-refractivity contribution < 1.29 is 22.6 Å². The minimum absolute atomic E-state index is 0.503. The zero-order valence-corrected chi connectivity index (χ0v) is 5.15. The average molecular weight is 156 g/mol. The van der Waals surface area contributed by atoms with E-state index in [-0.39, 0.29) is 0 Å². The molecule has 0 aromatic rings. The summed E-state index contributed by atoms with van der Waals surface area (Å²) in [5, 5.41) is 0. The van der Waals surface area contributed by atoms with Gasteiger partial charge in [-0.15, -0.1) is 0 Å². The van der Waals surface area contributed by atoms with Gasteiger partial charge in [0.1, 0.15) is 6.61 Å². The Morgan fingerprint density at radius 3 is 2.40 bits per heavy atom. The molecule has 5 heteroatoms. The van der Waals surface area contributed by atoms with Crippen LogP contribution in [0.3, 0.4) is 0 Å².